The average molecular weight is 378 g/mol. The first-order valence-corrected chi connectivity index (χ1v) is 9.86. The molecule has 1 saturated heterocycles. The van der Waals surface area contributed by atoms with Crippen LogP contribution in [0, 0.1) is 12.8 Å². The van der Waals surface area contributed by atoms with Crippen LogP contribution in [0.4, 0.5) is 5.82 Å². The minimum atomic E-state index is -3.23. The third kappa shape index (κ3) is 4.29. The Balaban J connectivity index is 1.77. The minimum absolute atomic E-state index is 0.0484. The van der Waals surface area contributed by atoms with Gasteiger partial charge in [0.15, 0.2) is 15.7 Å². The van der Waals surface area contributed by atoms with Crippen LogP contribution in [0.15, 0.2) is 40.9 Å². The number of ether oxygens (including phenoxy) is 1. The zero-order chi connectivity index (χ0) is 18.7. The van der Waals surface area contributed by atoms with E-state index < -0.39 is 33.7 Å². The molecule has 2 aromatic rings. The van der Waals surface area contributed by atoms with Gasteiger partial charge in [0, 0.05) is 11.6 Å². The zero-order valence-corrected chi connectivity index (χ0v) is 14.9. The maximum atomic E-state index is 12.6. The summed E-state index contributed by atoms with van der Waals surface area (Å²) in [6.45, 7) is 1.68. The van der Waals surface area contributed by atoms with Gasteiger partial charge in [-0.3, -0.25) is 9.59 Å². The number of sulfone groups is 1. The fraction of sp³-hybridized carbons (Fsp3) is 0.353. The topological polar surface area (TPSA) is 116 Å². The van der Waals surface area contributed by atoms with Gasteiger partial charge < -0.3 is 14.6 Å². The molecule has 2 atom stereocenters. The summed E-state index contributed by atoms with van der Waals surface area (Å²) in [5.74, 6) is -1.64. The number of aryl methyl sites for hydroxylation is 1. The summed E-state index contributed by atoms with van der Waals surface area (Å²) in [4.78, 5) is 25.0. The number of nitrogens with one attached hydrogen (secondary N) is 1. The Morgan fingerprint density at radius 2 is 2.04 bits per heavy atom. The lowest BCUT2D eigenvalue weighted by molar-refractivity contribution is -0.158. The number of amides is 1. The summed E-state index contributed by atoms with van der Waals surface area (Å²) in [7, 11) is -3.23. The van der Waals surface area contributed by atoms with Crippen LogP contribution in [0.2, 0.25) is 0 Å². The van der Waals surface area contributed by atoms with Crippen molar-refractivity contribution in [1.82, 2.24) is 5.16 Å². The van der Waals surface area contributed by atoms with Crippen molar-refractivity contribution in [2.45, 2.75) is 19.4 Å². The minimum Gasteiger partial charge on any atom is -0.447 e. The summed E-state index contributed by atoms with van der Waals surface area (Å²) in [5, 5.41) is 6.21. The van der Waals surface area contributed by atoms with Crippen molar-refractivity contribution in [2.24, 2.45) is 5.92 Å². The van der Waals surface area contributed by atoms with E-state index in [1.807, 2.05) is 0 Å². The fourth-order valence-electron chi connectivity index (χ4n) is 2.71. The zero-order valence-electron chi connectivity index (χ0n) is 14.0. The largest absolute Gasteiger partial charge is 0.447 e. The van der Waals surface area contributed by atoms with Crippen LogP contribution in [-0.2, 0) is 24.2 Å². The van der Waals surface area contributed by atoms with Crippen LogP contribution in [0.1, 0.15) is 23.8 Å². The third-order valence-corrected chi connectivity index (χ3v) is 5.79. The number of nitrogens with zero attached hydrogens (tertiary/aromatic N) is 1. The van der Waals surface area contributed by atoms with Gasteiger partial charge in [0.2, 0.25) is 6.10 Å². The van der Waals surface area contributed by atoms with Gasteiger partial charge in [-0.1, -0.05) is 35.5 Å². The van der Waals surface area contributed by atoms with Crippen LogP contribution in [0.5, 0.6) is 0 Å². The molecule has 0 bridgehead atoms. The maximum Gasteiger partial charge on any atom is 0.311 e. The summed E-state index contributed by atoms with van der Waals surface area (Å²) in [6.07, 6.45) is -1.02. The molecule has 26 heavy (non-hydrogen) atoms. The molecule has 0 radical (unpaired) electrons. The van der Waals surface area contributed by atoms with Crippen molar-refractivity contribution < 1.29 is 27.3 Å². The molecule has 2 unspecified atom stereocenters. The molecule has 0 spiro atoms. The molecule has 1 N–H and O–H groups in total. The second kappa shape index (κ2) is 7.28. The lowest BCUT2D eigenvalue weighted by Gasteiger charge is -2.19. The van der Waals surface area contributed by atoms with Crippen molar-refractivity contribution in [2.75, 3.05) is 16.8 Å². The van der Waals surface area contributed by atoms with Crippen molar-refractivity contribution in [3.63, 3.8) is 0 Å². The van der Waals surface area contributed by atoms with E-state index in [0.717, 1.165) is 0 Å². The van der Waals surface area contributed by atoms with Crippen molar-refractivity contribution in [3.8, 4) is 0 Å². The van der Waals surface area contributed by atoms with E-state index in [2.05, 4.69) is 10.5 Å². The first kappa shape index (κ1) is 18.1. The maximum absolute atomic E-state index is 12.6. The molecule has 3 rings (SSSR count). The number of esters is 1. The number of carbonyl (C=O) groups excluding carboxylic acids is 2. The molecule has 1 aromatic heterocycles. The number of benzene rings is 1. The summed E-state index contributed by atoms with van der Waals surface area (Å²) < 4.78 is 33.4. The van der Waals surface area contributed by atoms with E-state index in [0.29, 0.717) is 11.3 Å². The average Bonchev–Trinajstić information content (AvgIpc) is 3.18. The SMILES string of the molecule is Cc1cc(NC(=O)C(OC(=O)C2CCS(=O)(=O)C2)c2ccccc2)no1. The Morgan fingerprint density at radius 1 is 1.31 bits per heavy atom. The summed E-state index contributed by atoms with van der Waals surface area (Å²) >= 11 is 0. The molecule has 0 saturated carbocycles. The predicted molar refractivity (Wildman–Crippen MR) is 91.9 cm³/mol. The Labute approximate surface area is 150 Å². The van der Waals surface area contributed by atoms with Gasteiger partial charge >= 0.3 is 5.97 Å². The number of carbonyl (C=O) groups is 2. The van der Waals surface area contributed by atoms with E-state index in [-0.39, 0.29) is 23.7 Å². The van der Waals surface area contributed by atoms with Crippen molar-refractivity contribution in [3.05, 3.63) is 47.7 Å². The van der Waals surface area contributed by atoms with Crippen LogP contribution in [0.25, 0.3) is 0 Å². The highest BCUT2D eigenvalue weighted by Gasteiger charge is 2.36. The molecule has 1 aromatic carbocycles. The highest BCUT2D eigenvalue weighted by atomic mass is 32.2. The molecule has 1 aliphatic rings. The molecule has 1 fully saturated rings. The molecule has 138 valence electrons. The van der Waals surface area contributed by atoms with Gasteiger partial charge in [0.05, 0.1) is 17.4 Å². The molecule has 8 nitrogen and oxygen atoms in total. The van der Waals surface area contributed by atoms with Gasteiger partial charge in [0.25, 0.3) is 5.91 Å². The summed E-state index contributed by atoms with van der Waals surface area (Å²) in [6, 6.07) is 10.0. The Hall–Kier alpha value is -2.68. The number of hydrogen-bond acceptors (Lipinski definition) is 7. The standard InChI is InChI=1S/C17H18N2O6S/c1-11-9-14(19-25-11)18-16(20)15(12-5-3-2-4-6-12)24-17(21)13-7-8-26(22,23)10-13/h2-6,9,13,15H,7-8,10H2,1H3,(H,18,19,20). The Morgan fingerprint density at radius 3 is 2.62 bits per heavy atom. The monoisotopic (exact) mass is 378 g/mol. The van der Waals surface area contributed by atoms with Crippen molar-refractivity contribution >= 4 is 27.5 Å². The second-order valence-corrected chi connectivity index (χ2v) is 8.37. The lowest BCUT2D eigenvalue weighted by Crippen LogP contribution is -2.29. The van der Waals surface area contributed by atoms with Gasteiger partial charge in [-0.15, -0.1) is 0 Å². The van der Waals surface area contributed by atoms with Crippen LogP contribution < -0.4 is 5.32 Å². The van der Waals surface area contributed by atoms with Crippen LogP contribution in [-0.4, -0.2) is 37.0 Å². The van der Waals surface area contributed by atoms with Crippen molar-refractivity contribution in [1.29, 1.82) is 0 Å². The van der Waals surface area contributed by atoms with E-state index in [9.17, 15) is 18.0 Å². The van der Waals surface area contributed by atoms with E-state index >= 15 is 0 Å². The van der Waals surface area contributed by atoms with Gasteiger partial charge in [-0.25, -0.2) is 8.42 Å². The van der Waals surface area contributed by atoms with Gasteiger partial charge in [-0.05, 0) is 13.3 Å². The molecule has 1 aliphatic heterocycles. The Kier molecular flexibility index (Phi) is 5.08. The first-order chi connectivity index (χ1) is 12.3. The predicted octanol–water partition coefficient (Wildman–Crippen LogP) is 1.64. The molecular formula is C17H18N2O6S. The molecule has 9 heteroatoms. The third-order valence-electron chi connectivity index (χ3n) is 4.02. The number of rotatable bonds is 5. The van der Waals surface area contributed by atoms with Crippen LogP contribution >= 0.6 is 0 Å². The van der Waals surface area contributed by atoms with E-state index in [4.69, 9.17) is 9.26 Å². The second-order valence-electron chi connectivity index (χ2n) is 6.14. The quantitative estimate of drug-likeness (QED) is 0.786. The van der Waals surface area contributed by atoms with E-state index in [1.165, 1.54) is 6.07 Å². The van der Waals surface area contributed by atoms with Gasteiger partial charge in [0.1, 0.15) is 5.76 Å². The van der Waals surface area contributed by atoms with Gasteiger partial charge in [-0.2, -0.15) is 0 Å². The number of anilines is 1. The molecule has 0 aliphatic carbocycles. The Bertz CT molecular complexity index is 906. The first-order valence-electron chi connectivity index (χ1n) is 8.04. The molecule has 2 heterocycles. The number of hydrogen-bond donors (Lipinski definition) is 1. The number of aromatic nitrogens is 1. The highest BCUT2D eigenvalue weighted by molar-refractivity contribution is 7.91. The lowest BCUT2D eigenvalue weighted by atomic mass is 10.1. The normalized spacial score (nSPS) is 19.7. The highest BCUT2D eigenvalue weighted by Crippen LogP contribution is 2.25. The fourth-order valence-corrected chi connectivity index (χ4v) is 4.44. The van der Waals surface area contributed by atoms with E-state index in [1.54, 1.807) is 37.3 Å². The molecule has 1 amide bonds. The smallest absolute Gasteiger partial charge is 0.311 e. The summed E-state index contributed by atoms with van der Waals surface area (Å²) in [5.41, 5.74) is 0.472. The van der Waals surface area contributed by atoms with Crippen LogP contribution in [0.3, 0.4) is 0 Å². The molecular weight excluding hydrogens is 360 g/mol.